The van der Waals surface area contributed by atoms with Crippen molar-refractivity contribution in [3.05, 3.63) is 57.0 Å². The molecular weight excluding hydrogens is 464 g/mol. The molecule has 0 aliphatic carbocycles. The standard InChI is InChI=1S/C20H16BrClN2O5/c1-27-17-8-12(7-16(21)19(17)29-11-18(25)28-2)6-13(10-23)20(26)24-15-5-3-4-14(22)9-15/h3-9H,11H2,1-2H3,(H,24,26)/b13-6+. The predicted molar refractivity (Wildman–Crippen MR) is 112 cm³/mol. The molecule has 0 heterocycles. The van der Waals surface area contributed by atoms with Crippen LogP contribution in [0.25, 0.3) is 6.08 Å². The lowest BCUT2D eigenvalue weighted by molar-refractivity contribution is -0.142. The van der Waals surface area contributed by atoms with Crippen molar-refractivity contribution in [1.82, 2.24) is 0 Å². The molecule has 2 rings (SSSR count). The third-order valence-electron chi connectivity index (χ3n) is 3.57. The van der Waals surface area contributed by atoms with Crippen LogP contribution >= 0.6 is 27.5 Å². The summed E-state index contributed by atoms with van der Waals surface area (Å²) in [5.41, 5.74) is 0.855. The number of carbonyl (C=O) groups excluding carboxylic acids is 2. The number of esters is 1. The maximum Gasteiger partial charge on any atom is 0.343 e. The molecule has 150 valence electrons. The molecule has 0 spiro atoms. The van der Waals surface area contributed by atoms with E-state index in [0.717, 1.165) is 0 Å². The summed E-state index contributed by atoms with van der Waals surface area (Å²) in [6.45, 7) is -0.299. The Kier molecular flexibility index (Phi) is 8.07. The van der Waals surface area contributed by atoms with Crippen LogP contribution in [0.4, 0.5) is 5.69 Å². The fourth-order valence-corrected chi connectivity index (χ4v) is 3.00. The largest absolute Gasteiger partial charge is 0.493 e. The Morgan fingerprint density at radius 2 is 2.03 bits per heavy atom. The zero-order valence-corrected chi connectivity index (χ0v) is 17.8. The molecule has 0 bridgehead atoms. The zero-order chi connectivity index (χ0) is 21.4. The quantitative estimate of drug-likeness (QED) is 0.363. The molecule has 0 radical (unpaired) electrons. The van der Waals surface area contributed by atoms with Crippen LogP contribution < -0.4 is 14.8 Å². The monoisotopic (exact) mass is 478 g/mol. The number of carbonyl (C=O) groups is 2. The lowest BCUT2D eigenvalue weighted by Crippen LogP contribution is -2.14. The fraction of sp³-hybridized carbons (Fsp3) is 0.150. The van der Waals surface area contributed by atoms with Crippen LogP contribution in [-0.2, 0) is 14.3 Å². The summed E-state index contributed by atoms with van der Waals surface area (Å²) in [5, 5.41) is 12.5. The summed E-state index contributed by atoms with van der Waals surface area (Å²) in [7, 11) is 2.68. The van der Waals surface area contributed by atoms with Gasteiger partial charge in [-0.15, -0.1) is 0 Å². The molecule has 0 fully saturated rings. The van der Waals surface area contributed by atoms with Crippen molar-refractivity contribution in [2.24, 2.45) is 0 Å². The van der Waals surface area contributed by atoms with Crippen molar-refractivity contribution in [2.45, 2.75) is 0 Å². The van der Waals surface area contributed by atoms with E-state index in [2.05, 4.69) is 26.0 Å². The normalized spacial score (nSPS) is 10.7. The average molecular weight is 480 g/mol. The number of hydrogen-bond acceptors (Lipinski definition) is 6. The van der Waals surface area contributed by atoms with E-state index in [9.17, 15) is 14.9 Å². The molecule has 1 N–H and O–H groups in total. The van der Waals surface area contributed by atoms with Gasteiger partial charge in [0.1, 0.15) is 11.6 Å². The van der Waals surface area contributed by atoms with Crippen molar-refractivity contribution in [2.75, 3.05) is 26.1 Å². The van der Waals surface area contributed by atoms with Gasteiger partial charge in [0.05, 0.1) is 18.7 Å². The van der Waals surface area contributed by atoms with E-state index in [1.54, 1.807) is 36.4 Å². The number of halogens is 2. The molecule has 7 nitrogen and oxygen atoms in total. The van der Waals surface area contributed by atoms with E-state index in [1.807, 2.05) is 6.07 Å². The first-order chi connectivity index (χ1) is 13.9. The lowest BCUT2D eigenvalue weighted by atomic mass is 10.1. The van der Waals surface area contributed by atoms with Gasteiger partial charge in [-0.25, -0.2) is 4.79 Å². The van der Waals surface area contributed by atoms with Crippen LogP contribution in [0, 0.1) is 11.3 Å². The highest BCUT2D eigenvalue weighted by Crippen LogP contribution is 2.37. The Morgan fingerprint density at radius 3 is 2.66 bits per heavy atom. The van der Waals surface area contributed by atoms with Crippen LogP contribution in [0.2, 0.25) is 5.02 Å². The van der Waals surface area contributed by atoms with Crippen molar-refractivity contribution >= 4 is 51.2 Å². The number of hydrogen-bond donors (Lipinski definition) is 1. The molecular formula is C20H16BrClN2O5. The number of methoxy groups -OCH3 is 2. The summed E-state index contributed by atoms with van der Waals surface area (Å²) < 4.78 is 15.7. The average Bonchev–Trinajstić information content (AvgIpc) is 2.70. The van der Waals surface area contributed by atoms with Gasteiger partial charge in [-0.3, -0.25) is 4.79 Å². The molecule has 0 saturated heterocycles. The van der Waals surface area contributed by atoms with E-state index >= 15 is 0 Å². The predicted octanol–water partition coefficient (Wildman–Crippen LogP) is 4.21. The van der Waals surface area contributed by atoms with E-state index < -0.39 is 11.9 Å². The Labute approximate surface area is 180 Å². The zero-order valence-electron chi connectivity index (χ0n) is 15.5. The van der Waals surface area contributed by atoms with Crippen molar-refractivity contribution < 1.29 is 23.8 Å². The van der Waals surface area contributed by atoms with Crippen molar-refractivity contribution in [3.63, 3.8) is 0 Å². The highest BCUT2D eigenvalue weighted by Gasteiger charge is 2.15. The minimum atomic E-state index is -0.587. The second-order valence-electron chi connectivity index (χ2n) is 5.53. The Balaban J connectivity index is 2.28. The minimum absolute atomic E-state index is 0.123. The first-order valence-corrected chi connectivity index (χ1v) is 9.31. The van der Waals surface area contributed by atoms with Gasteiger partial charge in [-0.1, -0.05) is 17.7 Å². The van der Waals surface area contributed by atoms with Gasteiger partial charge in [0, 0.05) is 10.7 Å². The maximum atomic E-state index is 12.4. The molecule has 2 aromatic carbocycles. The number of amides is 1. The van der Waals surface area contributed by atoms with Crippen LogP contribution in [0.15, 0.2) is 46.4 Å². The molecule has 2 aromatic rings. The Bertz CT molecular complexity index is 1000. The molecule has 0 saturated carbocycles. The fourth-order valence-electron chi connectivity index (χ4n) is 2.23. The van der Waals surface area contributed by atoms with E-state index in [-0.39, 0.29) is 17.9 Å². The number of nitriles is 1. The van der Waals surface area contributed by atoms with Gasteiger partial charge in [0.25, 0.3) is 5.91 Å². The molecule has 0 aliphatic heterocycles. The van der Waals surface area contributed by atoms with Gasteiger partial charge >= 0.3 is 5.97 Å². The van der Waals surface area contributed by atoms with Crippen LogP contribution in [0.1, 0.15) is 5.56 Å². The Morgan fingerprint density at radius 1 is 1.28 bits per heavy atom. The molecule has 0 aliphatic rings. The summed E-state index contributed by atoms with van der Waals surface area (Å²) >= 11 is 9.24. The SMILES string of the molecule is COC(=O)COc1c(Br)cc(/C=C(\C#N)C(=O)Nc2cccc(Cl)c2)cc1OC. The molecule has 9 heteroatoms. The van der Waals surface area contributed by atoms with Crippen molar-refractivity contribution in [3.8, 4) is 17.6 Å². The first kappa shape index (κ1) is 22.3. The van der Waals surface area contributed by atoms with Gasteiger partial charge in [0.15, 0.2) is 18.1 Å². The van der Waals surface area contributed by atoms with E-state index in [0.29, 0.717) is 26.5 Å². The second kappa shape index (κ2) is 10.5. The number of benzene rings is 2. The number of anilines is 1. The van der Waals surface area contributed by atoms with Crippen LogP contribution in [-0.4, -0.2) is 32.7 Å². The number of ether oxygens (including phenoxy) is 3. The maximum absolute atomic E-state index is 12.4. The topological polar surface area (TPSA) is 97.7 Å². The highest BCUT2D eigenvalue weighted by atomic mass is 79.9. The van der Waals surface area contributed by atoms with Gasteiger partial charge in [0.2, 0.25) is 0 Å². The number of rotatable bonds is 7. The molecule has 0 unspecified atom stereocenters. The number of nitrogens with one attached hydrogen (secondary N) is 1. The summed E-state index contributed by atoms with van der Waals surface area (Å²) in [4.78, 5) is 23.7. The third-order valence-corrected chi connectivity index (χ3v) is 4.40. The minimum Gasteiger partial charge on any atom is -0.493 e. The smallest absolute Gasteiger partial charge is 0.343 e. The molecule has 0 atom stereocenters. The summed E-state index contributed by atoms with van der Waals surface area (Å²) in [5.74, 6) is -0.540. The van der Waals surface area contributed by atoms with E-state index in [4.69, 9.17) is 21.1 Å². The van der Waals surface area contributed by atoms with Gasteiger partial charge < -0.3 is 19.5 Å². The highest BCUT2D eigenvalue weighted by molar-refractivity contribution is 9.10. The summed E-state index contributed by atoms with van der Waals surface area (Å²) in [6.07, 6.45) is 1.40. The lowest BCUT2D eigenvalue weighted by Gasteiger charge is -2.13. The van der Waals surface area contributed by atoms with Crippen molar-refractivity contribution in [1.29, 1.82) is 5.26 Å². The van der Waals surface area contributed by atoms with Gasteiger partial charge in [-0.2, -0.15) is 5.26 Å². The Hall–Kier alpha value is -3.02. The van der Waals surface area contributed by atoms with Crippen LogP contribution in [0.3, 0.4) is 0 Å². The third kappa shape index (κ3) is 6.24. The summed E-state index contributed by atoms with van der Waals surface area (Å²) in [6, 6.07) is 11.7. The second-order valence-corrected chi connectivity index (χ2v) is 6.82. The molecule has 29 heavy (non-hydrogen) atoms. The van der Waals surface area contributed by atoms with E-state index in [1.165, 1.54) is 20.3 Å². The van der Waals surface area contributed by atoms with Gasteiger partial charge in [-0.05, 0) is 57.9 Å². The molecule has 1 amide bonds. The first-order valence-electron chi connectivity index (χ1n) is 8.13. The molecule has 0 aromatic heterocycles. The number of nitrogens with zero attached hydrogens (tertiary/aromatic N) is 1. The van der Waals surface area contributed by atoms with Crippen LogP contribution in [0.5, 0.6) is 11.5 Å².